The van der Waals surface area contributed by atoms with Crippen molar-refractivity contribution in [2.75, 3.05) is 5.32 Å². The van der Waals surface area contributed by atoms with Gasteiger partial charge in [0.05, 0.1) is 11.8 Å². The van der Waals surface area contributed by atoms with E-state index >= 15 is 0 Å². The Labute approximate surface area is 197 Å². The van der Waals surface area contributed by atoms with Gasteiger partial charge in [-0.15, -0.1) is 5.10 Å². The molecule has 9 nitrogen and oxygen atoms in total. The number of hydrogen-bond acceptors (Lipinski definition) is 5. The van der Waals surface area contributed by atoms with E-state index in [2.05, 4.69) is 20.6 Å². The predicted octanol–water partition coefficient (Wildman–Crippen LogP) is 4.50. The highest BCUT2D eigenvalue weighted by molar-refractivity contribution is 6.08. The predicted molar refractivity (Wildman–Crippen MR) is 129 cm³/mol. The summed E-state index contributed by atoms with van der Waals surface area (Å²) >= 11 is 0. The van der Waals surface area contributed by atoms with Crippen LogP contribution in [0.3, 0.4) is 0 Å². The fraction of sp³-hybridized carbons (Fsp3) is 0.320. The highest BCUT2D eigenvalue weighted by atomic mass is 16.4. The summed E-state index contributed by atoms with van der Waals surface area (Å²) in [5.74, 6) is -0.950. The number of unbranched alkanes of at least 4 members (excludes halogenated alkanes) is 3. The lowest BCUT2D eigenvalue weighted by Crippen LogP contribution is -2.12. The van der Waals surface area contributed by atoms with Gasteiger partial charge in [-0.2, -0.15) is 0 Å². The summed E-state index contributed by atoms with van der Waals surface area (Å²) in [4.78, 5) is 27.9. The Morgan fingerprint density at radius 1 is 1.03 bits per heavy atom. The zero-order valence-electron chi connectivity index (χ0n) is 19.4. The fourth-order valence-corrected chi connectivity index (χ4v) is 3.94. The molecule has 3 aromatic heterocycles. The number of aliphatic carboxylic acids is 1. The van der Waals surface area contributed by atoms with Crippen LogP contribution < -0.4 is 5.32 Å². The van der Waals surface area contributed by atoms with Crippen LogP contribution in [0.1, 0.15) is 53.8 Å². The fourth-order valence-electron chi connectivity index (χ4n) is 3.94. The Balaban J connectivity index is 1.34. The van der Waals surface area contributed by atoms with Gasteiger partial charge in [0.2, 0.25) is 0 Å². The molecule has 0 saturated heterocycles. The second kappa shape index (κ2) is 10.3. The van der Waals surface area contributed by atoms with Gasteiger partial charge in [-0.25, -0.2) is 4.98 Å². The second-order valence-electron chi connectivity index (χ2n) is 8.42. The molecule has 0 aliphatic heterocycles. The van der Waals surface area contributed by atoms with Crippen molar-refractivity contribution >= 4 is 23.2 Å². The zero-order chi connectivity index (χ0) is 24.1. The molecule has 176 valence electrons. The first-order chi connectivity index (χ1) is 16.4. The smallest absolute Gasteiger partial charge is 0.303 e. The van der Waals surface area contributed by atoms with Gasteiger partial charge in [0, 0.05) is 41.8 Å². The van der Waals surface area contributed by atoms with Gasteiger partial charge in [0.1, 0.15) is 11.3 Å². The Hall–Kier alpha value is -4.01. The van der Waals surface area contributed by atoms with Crippen LogP contribution in [0.5, 0.6) is 0 Å². The number of nitrogens with zero attached hydrogens (tertiary/aromatic N) is 5. The van der Waals surface area contributed by atoms with Gasteiger partial charge >= 0.3 is 5.97 Å². The molecule has 0 fully saturated rings. The van der Waals surface area contributed by atoms with Crippen LogP contribution in [0.2, 0.25) is 0 Å². The molecule has 2 N–H and O–H groups in total. The number of aryl methyl sites for hydroxylation is 3. The van der Waals surface area contributed by atoms with Crippen molar-refractivity contribution in [1.82, 2.24) is 24.4 Å². The summed E-state index contributed by atoms with van der Waals surface area (Å²) in [5, 5.41) is 20.0. The molecule has 0 bridgehead atoms. The molecule has 0 spiro atoms. The Morgan fingerprint density at radius 2 is 1.79 bits per heavy atom. The summed E-state index contributed by atoms with van der Waals surface area (Å²) in [6.07, 6.45) is 7.47. The van der Waals surface area contributed by atoms with Crippen molar-refractivity contribution in [2.45, 2.75) is 52.5 Å². The van der Waals surface area contributed by atoms with Crippen molar-refractivity contribution in [2.24, 2.45) is 0 Å². The maximum Gasteiger partial charge on any atom is 0.303 e. The van der Waals surface area contributed by atoms with Gasteiger partial charge in [0.15, 0.2) is 0 Å². The summed E-state index contributed by atoms with van der Waals surface area (Å²) in [6.45, 7) is 4.65. The van der Waals surface area contributed by atoms with Crippen molar-refractivity contribution in [3.05, 3.63) is 65.7 Å². The minimum atomic E-state index is -0.743. The van der Waals surface area contributed by atoms with Crippen LogP contribution in [0, 0.1) is 13.8 Å². The summed E-state index contributed by atoms with van der Waals surface area (Å²) < 4.78 is 3.71. The highest BCUT2D eigenvalue weighted by Crippen LogP contribution is 2.21. The molecule has 4 aromatic rings. The average Bonchev–Trinajstić information content (AvgIpc) is 3.44. The first-order valence-electron chi connectivity index (χ1n) is 11.4. The normalized spacial score (nSPS) is 11.1. The molecular weight excluding hydrogens is 432 g/mol. The average molecular weight is 461 g/mol. The number of aromatic nitrogens is 5. The van der Waals surface area contributed by atoms with Crippen molar-refractivity contribution < 1.29 is 14.7 Å². The number of amides is 1. The molecular formula is C25H28N6O3. The minimum Gasteiger partial charge on any atom is -0.481 e. The summed E-state index contributed by atoms with van der Waals surface area (Å²) in [5.41, 5.74) is 5.42. The number of carbonyl (C=O) groups excluding carboxylic acids is 1. The van der Waals surface area contributed by atoms with Gasteiger partial charge < -0.3 is 14.8 Å². The van der Waals surface area contributed by atoms with Crippen LogP contribution in [0.25, 0.3) is 16.9 Å². The van der Waals surface area contributed by atoms with E-state index < -0.39 is 5.97 Å². The van der Waals surface area contributed by atoms with E-state index in [1.165, 1.54) is 0 Å². The maximum atomic E-state index is 12.9. The number of benzene rings is 1. The first-order valence-corrected chi connectivity index (χ1v) is 11.4. The molecule has 1 aromatic carbocycles. The van der Waals surface area contributed by atoms with Gasteiger partial charge in [-0.05, 0) is 51.0 Å². The number of carboxylic acids is 1. The molecule has 34 heavy (non-hydrogen) atoms. The quantitative estimate of drug-likeness (QED) is 0.337. The topological polar surface area (TPSA) is 114 Å². The largest absolute Gasteiger partial charge is 0.481 e. The molecule has 0 aliphatic carbocycles. The van der Waals surface area contributed by atoms with E-state index in [1.807, 2.05) is 61.0 Å². The highest BCUT2D eigenvalue weighted by Gasteiger charge is 2.14. The Bertz CT molecular complexity index is 1310. The van der Waals surface area contributed by atoms with E-state index in [0.717, 1.165) is 48.5 Å². The van der Waals surface area contributed by atoms with Crippen molar-refractivity contribution in [3.63, 3.8) is 0 Å². The third kappa shape index (κ3) is 5.48. The van der Waals surface area contributed by atoms with Gasteiger partial charge in [-0.1, -0.05) is 30.2 Å². The summed E-state index contributed by atoms with van der Waals surface area (Å²) in [6, 6.07) is 11.3. The number of anilines is 1. The SMILES string of the molecule is Cc1cc(C)n2ccc(C(=O)Nc3ccc(-c4cn(CCCCCCC(=O)O)nn4)cc3)c2n1. The van der Waals surface area contributed by atoms with E-state index in [-0.39, 0.29) is 12.3 Å². The molecule has 3 heterocycles. The molecule has 9 heteroatoms. The van der Waals surface area contributed by atoms with Crippen LogP contribution >= 0.6 is 0 Å². The van der Waals surface area contributed by atoms with Crippen LogP contribution in [-0.4, -0.2) is 41.4 Å². The molecule has 4 rings (SSSR count). The van der Waals surface area contributed by atoms with E-state index in [1.54, 1.807) is 10.7 Å². The number of carbonyl (C=O) groups is 2. The van der Waals surface area contributed by atoms with Crippen molar-refractivity contribution in [3.8, 4) is 11.3 Å². The van der Waals surface area contributed by atoms with Crippen LogP contribution in [-0.2, 0) is 11.3 Å². The number of nitrogens with one attached hydrogen (secondary N) is 1. The van der Waals surface area contributed by atoms with E-state index in [9.17, 15) is 9.59 Å². The zero-order valence-corrected chi connectivity index (χ0v) is 19.4. The number of fused-ring (bicyclic) bond motifs is 1. The lowest BCUT2D eigenvalue weighted by molar-refractivity contribution is -0.137. The monoisotopic (exact) mass is 460 g/mol. The van der Waals surface area contributed by atoms with Crippen LogP contribution in [0.15, 0.2) is 48.8 Å². The molecule has 0 radical (unpaired) electrons. The van der Waals surface area contributed by atoms with Gasteiger partial charge in [-0.3, -0.25) is 14.3 Å². The van der Waals surface area contributed by atoms with E-state index in [4.69, 9.17) is 5.11 Å². The molecule has 0 unspecified atom stereocenters. The minimum absolute atomic E-state index is 0.206. The third-order valence-corrected chi connectivity index (χ3v) is 5.69. The molecule has 0 aliphatic rings. The lowest BCUT2D eigenvalue weighted by atomic mass is 10.1. The van der Waals surface area contributed by atoms with E-state index in [0.29, 0.717) is 23.3 Å². The Morgan fingerprint density at radius 3 is 2.56 bits per heavy atom. The standard InChI is InChI=1S/C25H28N6O3/c1-17-15-18(2)31-14-12-21(24(31)26-17)25(34)27-20-10-8-19(9-11-20)22-16-30(29-28-22)13-6-4-3-5-7-23(32)33/h8-12,14-16H,3-7,13H2,1-2H3,(H,27,34)(H,32,33). The molecule has 1 amide bonds. The van der Waals surface area contributed by atoms with Gasteiger partial charge in [0.25, 0.3) is 5.91 Å². The molecule has 0 saturated carbocycles. The summed E-state index contributed by atoms with van der Waals surface area (Å²) in [7, 11) is 0. The maximum absolute atomic E-state index is 12.9. The number of hydrogen-bond donors (Lipinski definition) is 2. The Kier molecular flexibility index (Phi) is 7.01. The first kappa shape index (κ1) is 23.2. The second-order valence-corrected chi connectivity index (χ2v) is 8.42. The van der Waals surface area contributed by atoms with Crippen molar-refractivity contribution in [1.29, 1.82) is 0 Å². The number of rotatable bonds is 10. The lowest BCUT2D eigenvalue weighted by Gasteiger charge is -2.06. The molecule has 0 atom stereocenters. The van der Waals surface area contributed by atoms with Crippen LogP contribution in [0.4, 0.5) is 5.69 Å². The third-order valence-electron chi connectivity index (χ3n) is 5.69. The number of carboxylic acid groups (broad SMARTS) is 1.